The first-order valence-electron chi connectivity index (χ1n) is 1.73. The SMILES string of the molecule is O=S(O)OC(S)CS. The van der Waals surface area contributed by atoms with Gasteiger partial charge in [0, 0.05) is 5.75 Å². The molecule has 0 aliphatic rings. The molecular formula is C2H6O3S3. The molecule has 0 bridgehead atoms. The Labute approximate surface area is 61.1 Å². The van der Waals surface area contributed by atoms with Crippen LogP contribution in [0.5, 0.6) is 0 Å². The molecule has 0 aromatic rings. The van der Waals surface area contributed by atoms with Gasteiger partial charge < -0.3 is 0 Å². The Morgan fingerprint density at radius 2 is 2.38 bits per heavy atom. The minimum Gasteiger partial charge on any atom is -0.284 e. The maximum atomic E-state index is 9.77. The molecule has 0 saturated heterocycles. The van der Waals surface area contributed by atoms with Gasteiger partial charge in [0.2, 0.25) is 0 Å². The van der Waals surface area contributed by atoms with E-state index in [1.165, 1.54) is 0 Å². The van der Waals surface area contributed by atoms with E-state index in [0.29, 0.717) is 5.75 Å². The van der Waals surface area contributed by atoms with E-state index in [4.69, 9.17) is 4.55 Å². The minimum absolute atomic E-state index is 0.315. The van der Waals surface area contributed by atoms with Crippen LogP contribution >= 0.6 is 25.3 Å². The van der Waals surface area contributed by atoms with Gasteiger partial charge in [-0.1, -0.05) is 0 Å². The first-order valence-corrected chi connectivity index (χ1v) is 3.91. The second-order valence-corrected chi connectivity index (χ2v) is 2.52. The summed E-state index contributed by atoms with van der Waals surface area (Å²) in [6, 6.07) is 0. The van der Waals surface area contributed by atoms with E-state index in [2.05, 4.69) is 29.4 Å². The standard InChI is InChI=1S/C2H6O3S3/c3-8(4)5-2(7)1-6/h2,6-7H,1H2,(H,3,4). The van der Waals surface area contributed by atoms with Gasteiger partial charge in [-0.15, -0.1) is 12.6 Å². The maximum Gasteiger partial charge on any atom is 0.303 e. The van der Waals surface area contributed by atoms with Crippen LogP contribution in [0.15, 0.2) is 0 Å². The van der Waals surface area contributed by atoms with E-state index in [0.717, 1.165) is 0 Å². The molecule has 0 saturated carbocycles. The van der Waals surface area contributed by atoms with E-state index in [-0.39, 0.29) is 0 Å². The van der Waals surface area contributed by atoms with E-state index < -0.39 is 16.8 Å². The average Bonchev–Trinajstić information content (AvgIpc) is 1.65. The molecule has 1 N–H and O–H groups in total. The maximum absolute atomic E-state index is 9.77. The summed E-state index contributed by atoms with van der Waals surface area (Å²) in [7, 11) is 0. The van der Waals surface area contributed by atoms with E-state index >= 15 is 0 Å². The van der Waals surface area contributed by atoms with Crippen molar-refractivity contribution in [1.29, 1.82) is 0 Å². The van der Waals surface area contributed by atoms with Gasteiger partial charge in [-0.25, -0.2) is 0 Å². The lowest BCUT2D eigenvalue weighted by molar-refractivity contribution is 0.304. The lowest BCUT2D eigenvalue weighted by atomic mass is 10.9. The summed E-state index contributed by atoms with van der Waals surface area (Å²) in [5.74, 6) is 0.315. The van der Waals surface area contributed by atoms with Crippen molar-refractivity contribution in [3.63, 3.8) is 0 Å². The third-order valence-corrected chi connectivity index (χ3v) is 1.80. The molecule has 8 heavy (non-hydrogen) atoms. The van der Waals surface area contributed by atoms with Crippen molar-refractivity contribution in [2.24, 2.45) is 0 Å². The predicted octanol–water partition coefficient (Wildman–Crippen LogP) is 0.325. The van der Waals surface area contributed by atoms with Crippen molar-refractivity contribution in [2.75, 3.05) is 5.75 Å². The largest absolute Gasteiger partial charge is 0.303 e. The highest BCUT2D eigenvalue weighted by Crippen LogP contribution is 1.99. The quantitative estimate of drug-likeness (QED) is 0.328. The second-order valence-electron chi connectivity index (χ2n) is 0.951. The highest BCUT2D eigenvalue weighted by atomic mass is 32.2. The first-order chi connectivity index (χ1) is 3.66. The topological polar surface area (TPSA) is 46.5 Å². The van der Waals surface area contributed by atoms with Crippen LogP contribution in [0.25, 0.3) is 0 Å². The van der Waals surface area contributed by atoms with Crippen molar-refractivity contribution in [3.8, 4) is 0 Å². The minimum atomic E-state index is -2.22. The van der Waals surface area contributed by atoms with E-state index in [9.17, 15) is 4.21 Å². The fraction of sp³-hybridized carbons (Fsp3) is 1.00. The molecule has 3 nitrogen and oxygen atoms in total. The number of hydrogen-bond donors (Lipinski definition) is 3. The molecule has 6 heteroatoms. The second kappa shape index (κ2) is 4.63. The smallest absolute Gasteiger partial charge is 0.284 e. The highest BCUT2D eigenvalue weighted by molar-refractivity contribution is 7.85. The molecule has 0 aliphatic heterocycles. The van der Waals surface area contributed by atoms with E-state index in [1.54, 1.807) is 0 Å². The molecule has 0 fully saturated rings. The van der Waals surface area contributed by atoms with Gasteiger partial charge in [0.25, 0.3) is 0 Å². The van der Waals surface area contributed by atoms with Gasteiger partial charge in [0.1, 0.15) is 5.44 Å². The molecule has 0 spiro atoms. The molecule has 0 aromatic carbocycles. The Morgan fingerprint density at radius 3 is 2.50 bits per heavy atom. The van der Waals surface area contributed by atoms with E-state index in [1.807, 2.05) is 0 Å². The molecular weight excluding hydrogens is 168 g/mol. The van der Waals surface area contributed by atoms with Gasteiger partial charge in [-0.3, -0.25) is 8.74 Å². The van der Waals surface area contributed by atoms with Crippen LogP contribution in [-0.2, 0) is 15.5 Å². The summed E-state index contributed by atoms with van der Waals surface area (Å²) in [6.07, 6.45) is 0. The summed E-state index contributed by atoms with van der Waals surface area (Å²) in [6.45, 7) is 0. The average molecular weight is 174 g/mol. The van der Waals surface area contributed by atoms with Crippen LogP contribution in [0.3, 0.4) is 0 Å². The summed E-state index contributed by atoms with van der Waals surface area (Å²) in [5, 5.41) is 0. The summed E-state index contributed by atoms with van der Waals surface area (Å²) in [4.78, 5) is 0. The molecule has 0 heterocycles. The van der Waals surface area contributed by atoms with Crippen molar-refractivity contribution in [2.45, 2.75) is 5.44 Å². The summed E-state index contributed by atoms with van der Waals surface area (Å²) < 4.78 is 22.0. The van der Waals surface area contributed by atoms with Crippen molar-refractivity contribution in [3.05, 3.63) is 0 Å². The zero-order valence-electron chi connectivity index (χ0n) is 3.85. The van der Waals surface area contributed by atoms with Crippen LogP contribution in [0.4, 0.5) is 0 Å². The van der Waals surface area contributed by atoms with Crippen LogP contribution in [0.1, 0.15) is 0 Å². The summed E-state index contributed by atoms with van der Waals surface area (Å²) >= 11 is 5.24. The molecule has 0 amide bonds. The van der Waals surface area contributed by atoms with Crippen LogP contribution in [0.2, 0.25) is 0 Å². The molecule has 2 unspecified atom stereocenters. The molecule has 2 atom stereocenters. The predicted molar refractivity (Wildman–Crippen MR) is 38.5 cm³/mol. The Balaban J connectivity index is 3.24. The van der Waals surface area contributed by atoms with Crippen molar-refractivity contribution in [1.82, 2.24) is 0 Å². The van der Waals surface area contributed by atoms with Crippen molar-refractivity contribution >= 4 is 36.6 Å². The van der Waals surface area contributed by atoms with Gasteiger partial charge in [-0.2, -0.15) is 16.8 Å². The fourth-order valence-electron chi connectivity index (χ4n) is 0.125. The monoisotopic (exact) mass is 174 g/mol. The first kappa shape index (κ1) is 8.77. The van der Waals surface area contributed by atoms with Gasteiger partial charge in [0.15, 0.2) is 0 Å². The van der Waals surface area contributed by atoms with Gasteiger partial charge in [-0.05, 0) is 0 Å². The van der Waals surface area contributed by atoms with Gasteiger partial charge in [0.05, 0.1) is 0 Å². The molecule has 50 valence electrons. The van der Waals surface area contributed by atoms with Crippen molar-refractivity contribution < 1.29 is 12.9 Å². The summed E-state index contributed by atoms with van der Waals surface area (Å²) in [5.41, 5.74) is -0.566. The Hall–Kier alpha value is 0.770. The molecule has 0 aromatic heterocycles. The molecule has 0 radical (unpaired) electrons. The zero-order valence-corrected chi connectivity index (χ0v) is 6.46. The normalized spacial score (nSPS) is 17.9. The number of rotatable bonds is 3. The number of thiol groups is 2. The van der Waals surface area contributed by atoms with Crippen LogP contribution in [0, 0.1) is 0 Å². The highest BCUT2D eigenvalue weighted by Gasteiger charge is 2.01. The lowest BCUT2D eigenvalue weighted by Crippen LogP contribution is -2.07. The zero-order chi connectivity index (χ0) is 6.57. The number of hydrogen-bond acceptors (Lipinski definition) is 4. The fourth-order valence-corrected chi connectivity index (χ4v) is 0.780. The third-order valence-electron chi connectivity index (χ3n) is 0.350. The molecule has 0 rings (SSSR count). The van der Waals surface area contributed by atoms with Gasteiger partial charge >= 0.3 is 11.4 Å². The van der Waals surface area contributed by atoms with Crippen LogP contribution < -0.4 is 0 Å². The lowest BCUT2D eigenvalue weighted by Gasteiger charge is -2.01. The molecule has 0 aliphatic carbocycles. The Morgan fingerprint density at radius 1 is 1.88 bits per heavy atom. The Kier molecular flexibility index (Phi) is 5.08. The van der Waals surface area contributed by atoms with Crippen LogP contribution in [-0.4, -0.2) is 20.0 Å². The Bertz CT molecular complexity index is 84.6. The third kappa shape index (κ3) is 4.92.